The standard InChI is InChI=1S/C15H26N2O2S/c1-9(2)17(14(18)19-15(5,6)7)11(4)13-10(3)8-12(16)20-13/h8-9,11H,16H2,1-7H3. The van der Waals surface area contributed by atoms with Crippen LogP contribution in [0.2, 0.25) is 0 Å². The molecule has 1 rings (SSSR count). The third-order valence-electron chi connectivity index (χ3n) is 2.93. The predicted molar refractivity (Wildman–Crippen MR) is 85.1 cm³/mol. The second kappa shape index (κ2) is 6.04. The molecule has 0 saturated carbocycles. The molecule has 1 amide bonds. The van der Waals surface area contributed by atoms with Gasteiger partial charge in [-0.25, -0.2) is 4.79 Å². The van der Waals surface area contributed by atoms with Crippen molar-refractivity contribution in [1.29, 1.82) is 0 Å². The summed E-state index contributed by atoms with van der Waals surface area (Å²) < 4.78 is 5.51. The fourth-order valence-electron chi connectivity index (χ4n) is 2.19. The van der Waals surface area contributed by atoms with Crippen LogP contribution in [0.25, 0.3) is 0 Å². The molecule has 0 bridgehead atoms. The number of thiophene rings is 1. The van der Waals surface area contributed by atoms with Crippen molar-refractivity contribution in [2.24, 2.45) is 0 Å². The van der Waals surface area contributed by atoms with E-state index in [1.807, 2.05) is 54.5 Å². The second-order valence-corrected chi connectivity index (χ2v) is 7.47. The van der Waals surface area contributed by atoms with Gasteiger partial charge in [-0.2, -0.15) is 0 Å². The van der Waals surface area contributed by atoms with Crippen molar-refractivity contribution in [2.45, 2.75) is 66.2 Å². The molecule has 0 spiro atoms. The fourth-order valence-corrected chi connectivity index (χ4v) is 3.19. The average molecular weight is 298 g/mol. The van der Waals surface area contributed by atoms with E-state index in [4.69, 9.17) is 10.5 Å². The molecular weight excluding hydrogens is 272 g/mol. The Kier molecular flexibility index (Phi) is 5.08. The van der Waals surface area contributed by atoms with Gasteiger partial charge in [0.15, 0.2) is 0 Å². The first-order valence-electron chi connectivity index (χ1n) is 6.90. The maximum atomic E-state index is 12.4. The van der Waals surface area contributed by atoms with Crippen molar-refractivity contribution in [3.05, 3.63) is 16.5 Å². The van der Waals surface area contributed by atoms with Crippen molar-refractivity contribution >= 4 is 22.4 Å². The van der Waals surface area contributed by atoms with E-state index in [2.05, 4.69) is 0 Å². The summed E-state index contributed by atoms with van der Waals surface area (Å²) in [5, 5.41) is 0.775. The summed E-state index contributed by atoms with van der Waals surface area (Å²) in [6.07, 6.45) is -0.286. The molecule has 0 aliphatic carbocycles. The highest BCUT2D eigenvalue weighted by atomic mass is 32.1. The summed E-state index contributed by atoms with van der Waals surface area (Å²) in [7, 11) is 0. The predicted octanol–water partition coefficient (Wildman–Crippen LogP) is 4.35. The van der Waals surface area contributed by atoms with E-state index in [1.165, 1.54) is 11.3 Å². The van der Waals surface area contributed by atoms with E-state index in [0.717, 1.165) is 15.4 Å². The van der Waals surface area contributed by atoms with Crippen LogP contribution in [0.4, 0.5) is 9.80 Å². The quantitative estimate of drug-likeness (QED) is 0.902. The van der Waals surface area contributed by atoms with E-state index in [0.29, 0.717) is 0 Å². The van der Waals surface area contributed by atoms with Gasteiger partial charge in [-0.15, -0.1) is 11.3 Å². The van der Waals surface area contributed by atoms with Gasteiger partial charge in [0.2, 0.25) is 0 Å². The third-order valence-corrected chi connectivity index (χ3v) is 4.17. The molecule has 1 unspecified atom stereocenters. The van der Waals surface area contributed by atoms with E-state index >= 15 is 0 Å². The number of nitrogen functional groups attached to an aromatic ring is 1. The van der Waals surface area contributed by atoms with E-state index in [-0.39, 0.29) is 18.2 Å². The van der Waals surface area contributed by atoms with Crippen LogP contribution in [0.1, 0.15) is 58.0 Å². The Hall–Kier alpha value is -1.23. The number of anilines is 1. The Bertz CT molecular complexity index is 475. The first kappa shape index (κ1) is 16.8. The van der Waals surface area contributed by atoms with Crippen molar-refractivity contribution in [3.63, 3.8) is 0 Å². The Balaban J connectivity index is 3.02. The molecule has 114 valence electrons. The lowest BCUT2D eigenvalue weighted by Gasteiger charge is -2.34. The highest BCUT2D eigenvalue weighted by Gasteiger charge is 2.30. The van der Waals surface area contributed by atoms with E-state index < -0.39 is 5.60 Å². The summed E-state index contributed by atoms with van der Waals surface area (Å²) in [5.41, 5.74) is 6.48. The molecule has 2 N–H and O–H groups in total. The summed E-state index contributed by atoms with van der Waals surface area (Å²) in [5.74, 6) is 0. The molecule has 1 heterocycles. The number of nitrogens with zero attached hydrogens (tertiary/aromatic N) is 1. The number of nitrogens with two attached hydrogens (primary N) is 1. The monoisotopic (exact) mass is 298 g/mol. The molecule has 4 nitrogen and oxygen atoms in total. The number of carbonyl (C=O) groups excluding carboxylic acids is 1. The minimum atomic E-state index is -0.493. The van der Waals surface area contributed by atoms with Crippen LogP contribution in [0.3, 0.4) is 0 Å². The smallest absolute Gasteiger partial charge is 0.411 e. The second-order valence-electron chi connectivity index (χ2n) is 6.35. The van der Waals surface area contributed by atoms with Gasteiger partial charge in [-0.05, 0) is 60.1 Å². The molecule has 0 saturated heterocycles. The van der Waals surface area contributed by atoms with Crippen molar-refractivity contribution in [2.75, 3.05) is 5.73 Å². The Morgan fingerprint density at radius 1 is 1.35 bits per heavy atom. The van der Waals surface area contributed by atoms with Gasteiger partial charge < -0.3 is 10.5 Å². The third kappa shape index (κ3) is 4.13. The summed E-state index contributed by atoms with van der Waals surface area (Å²) in [6.45, 7) is 13.7. The van der Waals surface area contributed by atoms with Crippen molar-refractivity contribution in [1.82, 2.24) is 4.90 Å². The summed E-state index contributed by atoms with van der Waals surface area (Å²) >= 11 is 1.53. The van der Waals surface area contributed by atoms with Crippen LogP contribution >= 0.6 is 11.3 Å². The van der Waals surface area contributed by atoms with Crippen LogP contribution in [-0.2, 0) is 4.74 Å². The highest BCUT2D eigenvalue weighted by Crippen LogP contribution is 2.34. The van der Waals surface area contributed by atoms with Gasteiger partial charge in [0.25, 0.3) is 0 Å². The lowest BCUT2D eigenvalue weighted by Crippen LogP contribution is -2.42. The molecule has 0 aromatic carbocycles. The van der Waals surface area contributed by atoms with Gasteiger partial charge in [0.1, 0.15) is 5.60 Å². The van der Waals surface area contributed by atoms with Crippen LogP contribution in [0.5, 0.6) is 0 Å². The number of amides is 1. The lowest BCUT2D eigenvalue weighted by molar-refractivity contribution is 0.0104. The first-order valence-corrected chi connectivity index (χ1v) is 7.71. The summed E-state index contributed by atoms with van der Waals surface area (Å²) in [6, 6.07) is 1.96. The molecule has 5 heteroatoms. The molecule has 20 heavy (non-hydrogen) atoms. The topological polar surface area (TPSA) is 55.6 Å². The maximum Gasteiger partial charge on any atom is 0.411 e. The Morgan fingerprint density at radius 3 is 2.25 bits per heavy atom. The number of carbonyl (C=O) groups is 1. The molecule has 0 radical (unpaired) electrons. The number of ether oxygens (including phenoxy) is 1. The minimum absolute atomic E-state index is 0.0489. The number of hydrogen-bond acceptors (Lipinski definition) is 4. The molecule has 1 atom stereocenters. The fraction of sp³-hybridized carbons (Fsp3) is 0.667. The number of aryl methyl sites for hydroxylation is 1. The average Bonchev–Trinajstić information content (AvgIpc) is 2.54. The van der Waals surface area contributed by atoms with Gasteiger partial charge >= 0.3 is 6.09 Å². The van der Waals surface area contributed by atoms with Crippen molar-refractivity contribution < 1.29 is 9.53 Å². The normalized spacial score (nSPS) is 13.4. The van der Waals surface area contributed by atoms with Crippen molar-refractivity contribution in [3.8, 4) is 0 Å². The molecule has 0 fully saturated rings. The molecule has 0 aliphatic rings. The zero-order chi connectivity index (χ0) is 15.7. The van der Waals surface area contributed by atoms with Gasteiger partial charge in [0.05, 0.1) is 11.0 Å². The van der Waals surface area contributed by atoms with E-state index in [1.54, 1.807) is 4.90 Å². The molecular formula is C15H26N2O2S. The first-order chi connectivity index (χ1) is 9.03. The SMILES string of the molecule is Cc1cc(N)sc1C(C)N(C(=O)OC(C)(C)C)C(C)C. The van der Waals surface area contributed by atoms with Gasteiger partial charge in [-0.1, -0.05) is 0 Å². The maximum absolute atomic E-state index is 12.4. The number of hydrogen-bond donors (Lipinski definition) is 1. The largest absolute Gasteiger partial charge is 0.444 e. The lowest BCUT2D eigenvalue weighted by atomic mass is 10.1. The Morgan fingerprint density at radius 2 is 1.90 bits per heavy atom. The van der Waals surface area contributed by atoms with Crippen LogP contribution < -0.4 is 5.73 Å². The summed E-state index contributed by atoms with van der Waals surface area (Å²) in [4.78, 5) is 15.3. The Labute approximate surface area is 125 Å². The molecule has 0 aliphatic heterocycles. The van der Waals surface area contributed by atoms with Crippen LogP contribution in [-0.4, -0.2) is 22.6 Å². The van der Waals surface area contributed by atoms with Gasteiger partial charge in [0, 0.05) is 10.9 Å². The highest BCUT2D eigenvalue weighted by molar-refractivity contribution is 7.16. The van der Waals surface area contributed by atoms with Gasteiger partial charge in [-0.3, -0.25) is 4.90 Å². The zero-order valence-corrected chi connectivity index (χ0v) is 14.3. The number of rotatable bonds is 3. The van der Waals surface area contributed by atoms with Crippen LogP contribution in [0.15, 0.2) is 6.07 Å². The minimum Gasteiger partial charge on any atom is -0.444 e. The van der Waals surface area contributed by atoms with E-state index in [9.17, 15) is 4.79 Å². The molecule has 1 aromatic rings. The van der Waals surface area contributed by atoms with Crippen LogP contribution in [0, 0.1) is 6.92 Å². The molecule has 1 aromatic heterocycles. The zero-order valence-electron chi connectivity index (χ0n) is 13.5.